The van der Waals surface area contributed by atoms with E-state index in [9.17, 15) is 10.2 Å². The predicted molar refractivity (Wildman–Crippen MR) is 75.4 cm³/mol. The van der Waals surface area contributed by atoms with Crippen LogP contribution in [0, 0.1) is 0 Å². The zero-order chi connectivity index (χ0) is 13.6. The SMILES string of the molecule is Cl.Nc1nccc2c1ncn2[C@H]1C=C(CO)[C@@H](O)[C@H]1O. The lowest BCUT2D eigenvalue weighted by Crippen LogP contribution is -2.29. The minimum atomic E-state index is -1.06. The van der Waals surface area contributed by atoms with Crippen LogP contribution in [0.5, 0.6) is 0 Å². The first kappa shape index (κ1) is 14.7. The Labute approximate surface area is 120 Å². The molecule has 0 saturated carbocycles. The highest BCUT2D eigenvalue weighted by molar-refractivity contribution is 5.85. The average Bonchev–Trinajstić information content (AvgIpc) is 2.94. The highest BCUT2D eigenvalue weighted by Gasteiger charge is 2.35. The first-order valence-electron chi connectivity index (χ1n) is 5.88. The van der Waals surface area contributed by atoms with Gasteiger partial charge in [-0.2, -0.15) is 0 Å². The van der Waals surface area contributed by atoms with E-state index in [1.807, 2.05) is 0 Å². The van der Waals surface area contributed by atoms with Gasteiger partial charge >= 0.3 is 0 Å². The maximum absolute atomic E-state index is 10.1. The van der Waals surface area contributed by atoms with E-state index in [0.717, 1.165) is 5.52 Å². The van der Waals surface area contributed by atoms with Crippen molar-refractivity contribution in [3.05, 3.63) is 30.2 Å². The van der Waals surface area contributed by atoms with E-state index in [1.165, 1.54) is 0 Å². The molecule has 0 aliphatic heterocycles. The van der Waals surface area contributed by atoms with Crippen LogP contribution in [0.4, 0.5) is 5.82 Å². The van der Waals surface area contributed by atoms with Gasteiger partial charge in [-0.3, -0.25) is 0 Å². The molecule has 1 aliphatic rings. The summed E-state index contributed by atoms with van der Waals surface area (Å²) in [5, 5.41) is 29.0. The van der Waals surface area contributed by atoms with Gasteiger partial charge < -0.3 is 25.6 Å². The standard InChI is InChI=1S/C12H14N4O3.ClH/c13-12-9-7(1-2-14-12)16(5-15-9)8-3-6(4-17)10(18)11(8)19;/h1-3,5,8,10-11,17-19H,4H2,(H2,13,14);1H/t8-,10+,11-;/m0./s1. The Kier molecular flexibility index (Phi) is 3.96. The lowest BCUT2D eigenvalue weighted by atomic mass is 10.1. The number of aliphatic hydroxyl groups excluding tert-OH is 3. The highest BCUT2D eigenvalue weighted by atomic mass is 35.5. The number of pyridine rings is 1. The zero-order valence-electron chi connectivity index (χ0n) is 10.4. The maximum Gasteiger partial charge on any atom is 0.151 e. The van der Waals surface area contributed by atoms with Crippen molar-refractivity contribution in [1.82, 2.24) is 14.5 Å². The van der Waals surface area contributed by atoms with E-state index >= 15 is 0 Å². The number of nitrogens with zero attached hydrogens (tertiary/aromatic N) is 3. The summed E-state index contributed by atoms with van der Waals surface area (Å²) in [5.74, 6) is 0.315. The fourth-order valence-corrected chi connectivity index (χ4v) is 2.43. The second-order valence-electron chi connectivity index (χ2n) is 4.54. The van der Waals surface area contributed by atoms with Crippen molar-refractivity contribution in [3.8, 4) is 0 Å². The van der Waals surface area contributed by atoms with E-state index in [2.05, 4.69) is 9.97 Å². The van der Waals surface area contributed by atoms with Crippen LogP contribution in [0.25, 0.3) is 11.0 Å². The normalized spacial score (nSPS) is 25.6. The summed E-state index contributed by atoms with van der Waals surface area (Å²) in [5.41, 5.74) is 7.41. The molecule has 8 heteroatoms. The van der Waals surface area contributed by atoms with E-state index < -0.39 is 18.2 Å². The Morgan fingerprint density at radius 1 is 1.30 bits per heavy atom. The fourth-order valence-electron chi connectivity index (χ4n) is 2.43. The molecule has 20 heavy (non-hydrogen) atoms. The Balaban J connectivity index is 0.00000147. The van der Waals surface area contributed by atoms with Crippen LogP contribution in [-0.2, 0) is 0 Å². The summed E-state index contributed by atoms with van der Waals surface area (Å²) in [7, 11) is 0. The Hall–Kier alpha value is -1.67. The van der Waals surface area contributed by atoms with Crippen LogP contribution in [0.2, 0.25) is 0 Å². The summed E-state index contributed by atoms with van der Waals surface area (Å²) in [6, 6.07) is 1.26. The number of nitrogen functional groups attached to an aromatic ring is 1. The summed E-state index contributed by atoms with van der Waals surface area (Å²) >= 11 is 0. The number of anilines is 1. The number of nitrogens with two attached hydrogens (primary N) is 1. The molecule has 0 aromatic carbocycles. The minimum Gasteiger partial charge on any atom is -0.392 e. The molecule has 2 aromatic rings. The lowest BCUT2D eigenvalue weighted by Gasteiger charge is -2.19. The third kappa shape index (κ3) is 2.04. The number of aromatic nitrogens is 3. The van der Waals surface area contributed by atoms with E-state index in [-0.39, 0.29) is 19.0 Å². The Morgan fingerprint density at radius 3 is 2.70 bits per heavy atom. The van der Waals surface area contributed by atoms with Crippen molar-refractivity contribution in [2.75, 3.05) is 12.3 Å². The molecule has 1 aliphatic carbocycles. The molecule has 0 saturated heterocycles. The third-order valence-electron chi connectivity index (χ3n) is 3.46. The molecule has 3 rings (SSSR count). The van der Waals surface area contributed by atoms with Crippen LogP contribution in [-0.4, -0.2) is 48.7 Å². The molecule has 5 N–H and O–H groups in total. The largest absolute Gasteiger partial charge is 0.392 e. The molecule has 108 valence electrons. The summed E-state index contributed by atoms with van der Waals surface area (Å²) in [6.45, 7) is -0.287. The molecule has 0 amide bonds. The fraction of sp³-hybridized carbons (Fsp3) is 0.333. The molecule has 3 atom stereocenters. The van der Waals surface area contributed by atoms with Crippen molar-refractivity contribution in [1.29, 1.82) is 0 Å². The molecule has 0 bridgehead atoms. The molecule has 0 radical (unpaired) electrons. The van der Waals surface area contributed by atoms with Gasteiger partial charge in [0.2, 0.25) is 0 Å². The van der Waals surface area contributed by atoms with Crippen molar-refractivity contribution in [3.63, 3.8) is 0 Å². The number of hydrogen-bond donors (Lipinski definition) is 4. The molecular formula is C12H15ClN4O3. The van der Waals surface area contributed by atoms with Crippen LogP contribution in [0.3, 0.4) is 0 Å². The molecule has 2 heterocycles. The van der Waals surface area contributed by atoms with Crippen LogP contribution in [0.1, 0.15) is 6.04 Å². The van der Waals surface area contributed by atoms with Gasteiger partial charge in [0, 0.05) is 6.20 Å². The molecule has 0 spiro atoms. The first-order valence-corrected chi connectivity index (χ1v) is 5.88. The van der Waals surface area contributed by atoms with E-state index in [0.29, 0.717) is 16.9 Å². The quantitative estimate of drug-likeness (QED) is 0.562. The maximum atomic E-state index is 10.1. The number of hydrogen-bond acceptors (Lipinski definition) is 6. The zero-order valence-corrected chi connectivity index (χ0v) is 11.2. The van der Waals surface area contributed by atoms with Crippen molar-refractivity contribution < 1.29 is 15.3 Å². The second kappa shape index (κ2) is 5.37. The van der Waals surface area contributed by atoms with Crippen LogP contribution in [0.15, 0.2) is 30.2 Å². The molecular weight excluding hydrogens is 284 g/mol. The van der Waals surface area contributed by atoms with E-state index in [4.69, 9.17) is 10.8 Å². The van der Waals surface area contributed by atoms with Gasteiger partial charge in [0.05, 0.1) is 24.5 Å². The first-order chi connectivity index (χ1) is 9.13. The van der Waals surface area contributed by atoms with Crippen molar-refractivity contribution in [2.24, 2.45) is 0 Å². The van der Waals surface area contributed by atoms with Gasteiger partial charge in [-0.15, -0.1) is 12.4 Å². The molecule has 0 unspecified atom stereocenters. The van der Waals surface area contributed by atoms with Gasteiger partial charge in [0.15, 0.2) is 5.82 Å². The topological polar surface area (TPSA) is 117 Å². The van der Waals surface area contributed by atoms with Gasteiger partial charge in [0.25, 0.3) is 0 Å². The molecule has 2 aromatic heterocycles. The van der Waals surface area contributed by atoms with Gasteiger partial charge in [-0.05, 0) is 11.6 Å². The Bertz CT molecular complexity index is 657. The minimum absolute atomic E-state index is 0. The number of fused-ring (bicyclic) bond motifs is 1. The summed E-state index contributed by atoms with van der Waals surface area (Å²) < 4.78 is 1.71. The smallest absolute Gasteiger partial charge is 0.151 e. The number of imidazole rings is 1. The number of rotatable bonds is 2. The number of halogens is 1. The third-order valence-corrected chi connectivity index (χ3v) is 3.46. The summed E-state index contributed by atoms with van der Waals surface area (Å²) in [6.07, 6.45) is 2.66. The van der Waals surface area contributed by atoms with Gasteiger partial charge in [-0.1, -0.05) is 6.08 Å². The number of aliphatic hydroxyl groups is 3. The van der Waals surface area contributed by atoms with Gasteiger partial charge in [0.1, 0.15) is 17.7 Å². The van der Waals surface area contributed by atoms with Crippen molar-refractivity contribution >= 4 is 29.3 Å². The molecule has 7 nitrogen and oxygen atoms in total. The van der Waals surface area contributed by atoms with Crippen LogP contribution < -0.4 is 5.73 Å². The molecule has 0 fully saturated rings. The summed E-state index contributed by atoms with van der Waals surface area (Å²) in [4.78, 5) is 8.11. The Morgan fingerprint density at radius 2 is 2.05 bits per heavy atom. The lowest BCUT2D eigenvalue weighted by molar-refractivity contribution is 0.0288. The second-order valence-corrected chi connectivity index (χ2v) is 4.54. The predicted octanol–water partition coefficient (Wildman–Crippen LogP) is -0.370. The monoisotopic (exact) mass is 298 g/mol. The van der Waals surface area contributed by atoms with E-state index in [1.54, 1.807) is 29.2 Å². The average molecular weight is 299 g/mol. The van der Waals surface area contributed by atoms with Gasteiger partial charge in [-0.25, -0.2) is 9.97 Å². The highest BCUT2D eigenvalue weighted by Crippen LogP contribution is 2.32. The van der Waals surface area contributed by atoms with Crippen LogP contribution >= 0.6 is 12.4 Å². The van der Waals surface area contributed by atoms with Crippen molar-refractivity contribution in [2.45, 2.75) is 18.2 Å².